The second-order valence-corrected chi connectivity index (χ2v) is 3.04. The van der Waals surface area contributed by atoms with Gasteiger partial charge in [-0.15, -0.1) is 0 Å². The predicted octanol–water partition coefficient (Wildman–Crippen LogP) is 2.97. The Bertz CT molecular complexity index is 382. The number of hydrogen-bond donors (Lipinski definition) is 0. The highest BCUT2D eigenvalue weighted by Gasteiger charge is 2.03. The highest BCUT2D eigenvalue weighted by atomic mass is 35.5. The molecule has 16 heavy (non-hydrogen) atoms. The van der Waals surface area contributed by atoms with Crippen molar-refractivity contribution in [2.45, 2.75) is 6.92 Å². The van der Waals surface area contributed by atoms with E-state index in [4.69, 9.17) is 16.9 Å². The number of halogens is 1. The van der Waals surface area contributed by atoms with Crippen molar-refractivity contribution in [2.24, 2.45) is 0 Å². The third-order valence-corrected chi connectivity index (χ3v) is 1.64. The zero-order chi connectivity index (χ0) is 12.4. The fourth-order valence-electron chi connectivity index (χ4n) is 0.679. The van der Waals surface area contributed by atoms with Crippen LogP contribution in [-0.4, -0.2) is 12.6 Å². The number of carbonyl (C=O) groups excluding carboxylic acids is 1. The van der Waals surface area contributed by atoms with Crippen molar-refractivity contribution in [2.75, 3.05) is 6.61 Å². The van der Waals surface area contributed by atoms with Crippen molar-refractivity contribution in [1.82, 2.24) is 0 Å². The Balaban J connectivity index is 0.000000288. The van der Waals surface area contributed by atoms with E-state index >= 15 is 0 Å². The van der Waals surface area contributed by atoms with Crippen LogP contribution in [0.2, 0.25) is 5.02 Å². The number of rotatable bonds is 2. The van der Waals surface area contributed by atoms with E-state index in [1.54, 1.807) is 13.0 Å². The van der Waals surface area contributed by atoms with Gasteiger partial charge >= 0.3 is 5.97 Å². The first-order valence-electron chi connectivity index (χ1n) is 4.58. The minimum Gasteiger partial charge on any atom is -0.462 e. The molecule has 84 valence electrons. The van der Waals surface area contributed by atoms with Crippen LogP contribution in [-0.2, 0) is 9.53 Å². The lowest BCUT2D eigenvalue weighted by molar-refractivity contribution is -0.137. The summed E-state index contributed by atoms with van der Waals surface area (Å²) in [5.74, 6) is -0.639. The van der Waals surface area contributed by atoms with E-state index in [-0.39, 0.29) is 12.2 Å². The van der Waals surface area contributed by atoms with Crippen LogP contribution in [0.25, 0.3) is 0 Å². The molecule has 1 rings (SSSR count). The molecule has 0 aliphatic carbocycles. The summed E-state index contributed by atoms with van der Waals surface area (Å²) in [6, 6.07) is 11.0. The van der Waals surface area contributed by atoms with Crippen LogP contribution >= 0.6 is 11.6 Å². The molecule has 0 unspecified atom stereocenters. The summed E-state index contributed by atoms with van der Waals surface area (Å²) in [5.41, 5.74) is -0.156. The summed E-state index contributed by atoms with van der Waals surface area (Å²) in [4.78, 5) is 10.4. The largest absolute Gasteiger partial charge is 0.462 e. The zero-order valence-corrected chi connectivity index (χ0v) is 9.70. The molecule has 0 spiro atoms. The normalized spacial score (nSPS) is 8.06. The first kappa shape index (κ1) is 14.2. The molecular weight excluding hydrogens is 226 g/mol. The van der Waals surface area contributed by atoms with Gasteiger partial charge in [-0.05, 0) is 19.1 Å². The summed E-state index contributed by atoms with van der Waals surface area (Å²) in [6.45, 7) is 5.10. The number of esters is 1. The molecule has 0 aliphatic rings. The van der Waals surface area contributed by atoms with Crippen molar-refractivity contribution < 1.29 is 9.53 Å². The molecule has 0 amide bonds. The van der Waals surface area contributed by atoms with Crippen LogP contribution in [0.1, 0.15) is 6.92 Å². The quantitative estimate of drug-likeness (QED) is 0.451. The van der Waals surface area contributed by atoms with Gasteiger partial charge in [-0.25, -0.2) is 4.79 Å². The lowest BCUT2D eigenvalue weighted by Crippen LogP contribution is -2.04. The van der Waals surface area contributed by atoms with Gasteiger partial charge in [-0.1, -0.05) is 36.4 Å². The first-order valence-corrected chi connectivity index (χ1v) is 4.96. The van der Waals surface area contributed by atoms with E-state index in [0.29, 0.717) is 0 Å². The standard InChI is InChI=1S/C6H5Cl.C6H7NO2/c7-6-4-2-1-3-5-6;1-3-9-6(8)5(2)4-7/h1-5H;2-3H2,1H3. The minimum absolute atomic E-state index is 0.156. The van der Waals surface area contributed by atoms with Crippen molar-refractivity contribution in [3.8, 4) is 6.07 Å². The Morgan fingerprint density at radius 1 is 1.50 bits per heavy atom. The van der Waals surface area contributed by atoms with E-state index in [0.717, 1.165) is 5.02 Å². The molecule has 0 saturated heterocycles. The second-order valence-electron chi connectivity index (χ2n) is 2.61. The average molecular weight is 238 g/mol. The molecular formula is C12H12ClNO2. The van der Waals surface area contributed by atoms with Gasteiger partial charge in [0.2, 0.25) is 0 Å². The topological polar surface area (TPSA) is 50.1 Å². The smallest absolute Gasteiger partial charge is 0.348 e. The highest BCUT2D eigenvalue weighted by Crippen LogP contribution is 2.03. The van der Waals surface area contributed by atoms with Crippen LogP contribution < -0.4 is 0 Å². The van der Waals surface area contributed by atoms with Crippen LogP contribution in [0, 0.1) is 11.3 Å². The van der Waals surface area contributed by atoms with Gasteiger partial charge in [-0.3, -0.25) is 0 Å². The van der Waals surface area contributed by atoms with Gasteiger partial charge in [0.1, 0.15) is 11.6 Å². The summed E-state index contributed by atoms with van der Waals surface area (Å²) in [7, 11) is 0. The zero-order valence-electron chi connectivity index (χ0n) is 8.94. The molecule has 0 aromatic heterocycles. The van der Waals surface area contributed by atoms with Crippen LogP contribution in [0.15, 0.2) is 42.5 Å². The molecule has 4 heteroatoms. The maximum atomic E-state index is 10.4. The van der Waals surface area contributed by atoms with Crippen LogP contribution in [0.5, 0.6) is 0 Å². The molecule has 0 bridgehead atoms. The van der Waals surface area contributed by atoms with Crippen molar-refractivity contribution in [1.29, 1.82) is 5.26 Å². The SMILES string of the molecule is C=C(C#N)C(=O)OCC.Clc1ccccc1. The third-order valence-electron chi connectivity index (χ3n) is 1.39. The van der Waals surface area contributed by atoms with E-state index in [2.05, 4.69) is 11.3 Å². The van der Waals surface area contributed by atoms with Crippen LogP contribution in [0.4, 0.5) is 0 Å². The van der Waals surface area contributed by atoms with E-state index < -0.39 is 5.97 Å². The van der Waals surface area contributed by atoms with Gasteiger partial charge in [0.05, 0.1) is 6.61 Å². The van der Waals surface area contributed by atoms with Crippen LogP contribution in [0.3, 0.4) is 0 Å². The van der Waals surface area contributed by atoms with Gasteiger partial charge in [0.25, 0.3) is 0 Å². The molecule has 0 radical (unpaired) electrons. The maximum Gasteiger partial charge on any atom is 0.348 e. The summed E-state index contributed by atoms with van der Waals surface area (Å²) in [5, 5.41) is 8.88. The Kier molecular flexibility index (Phi) is 7.56. The first-order chi connectivity index (χ1) is 7.61. The second kappa shape index (κ2) is 8.51. The highest BCUT2D eigenvalue weighted by molar-refractivity contribution is 6.30. The fraction of sp³-hybridized carbons (Fsp3) is 0.167. The van der Waals surface area contributed by atoms with Gasteiger partial charge < -0.3 is 4.74 Å². The molecule has 1 aromatic rings. The lowest BCUT2D eigenvalue weighted by atomic mass is 10.3. The van der Waals surface area contributed by atoms with E-state index in [1.165, 1.54) is 0 Å². The van der Waals surface area contributed by atoms with E-state index in [1.807, 2.05) is 30.3 Å². The lowest BCUT2D eigenvalue weighted by Gasteiger charge is -1.95. The molecule has 0 atom stereocenters. The summed E-state index contributed by atoms with van der Waals surface area (Å²) < 4.78 is 4.43. The minimum atomic E-state index is -0.639. The van der Waals surface area contributed by atoms with Crippen molar-refractivity contribution >= 4 is 17.6 Å². The molecule has 1 aromatic carbocycles. The van der Waals surface area contributed by atoms with Gasteiger partial charge in [0, 0.05) is 5.02 Å². The maximum absolute atomic E-state index is 10.4. The fourth-order valence-corrected chi connectivity index (χ4v) is 0.824. The van der Waals surface area contributed by atoms with Crippen molar-refractivity contribution in [3.63, 3.8) is 0 Å². The molecule has 0 aliphatic heterocycles. The molecule has 0 fully saturated rings. The van der Waals surface area contributed by atoms with Gasteiger partial charge in [0.15, 0.2) is 0 Å². The van der Waals surface area contributed by atoms with Crippen molar-refractivity contribution in [3.05, 3.63) is 47.5 Å². The monoisotopic (exact) mass is 237 g/mol. The Morgan fingerprint density at radius 3 is 2.38 bits per heavy atom. The summed E-state index contributed by atoms with van der Waals surface area (Å²) >= 11 is 5.54. The number of ether oxygens (including phenoxy) is 1. The third kappa shape index (κ3) is 6.63. The Morgan fingerprint density at radius 2 is 2.06 bits per heavy atom. The van der Waals surface area contributed by atoms with E-state index in [9.17, 15) is 4.79 Å². The number of nitrogens with zero attached hydrogens (tertiary/aromatic N) is 1. The predicted molar refractivity (Wildman–Crippen MR) is 62.8 cm³/mol. The number of hydrogen-bond acceptors (Lipinski definition) is 3. The molecule has 3 nitrogen and oxygen atoms in total. The molecule has 0 N–H and O–H groups in total. The van der Waals surface area contributed by atoms with Gasteiger partial charge in [-0.2, -0.15) is 5.26 Å². The Hall–Kier alpha value is -1.79. The average Bonchev–Trinajstić information content (AvgIpc) is 2.30. The molecule has 0 heterocycles. The number of nitriles is 1. The molecule has 0 saturated carbocycles. The summed E-state index contributed by atoms with van der Waals surface area (Å²) in [6.07, 6.45) is 0. The number of carbonyl (C=O) groups is 1. The Labute approximate surface area is 99.9 Å². The number of benzene rings is 1.